The molecule has 0 rings (SSSR count). The van der Waals surface area contributed by atoms with Crippen LogP contribution in [0.25, 0.3) is 0 Å². The summed E-state index contributed by atoms with van der Waals surface area (Å²) in [5, 5.41) is 0. The van der Waals surface area contributed by atoms with Crippen molar-refractivity contribution >= 4 is 23.9 Å². The Morgan fingerprint density at radius 2 is 1.00 bits per heavy atom. The third kappa shape index (κ3) is 19.9. The summed E-state index contributed by atoms with van der Waals surface area (Å²) >= 11 is 0. The van der Waals surface area contributed by atoms with Crippen LogP contribution in [0, 0.1) is 0 Å². The van der Waals surface area contributed by atoms with Crippen LogP contribution in [-0.4, -0.2) is 23.9 Å². The van der Waals surface area contributed by atoms with Crippen molar-refractivity contribution in [3.05, 3.63) is 0 Å². The van der Waals surface area contributed by atoms with Crippen LogP contribution in [0.5, 0.6) is 0 Å². The van der Waals surface area contributed by atoms with Gasteiger partial charge >= 0.3 is 0 Å². The van der Waals surface area contributed by atoms with Crippen molar-refractivity contribution in [3.63, 3.8) is 0 Å². The fraction of sp³-hybridized carbons (Fsp3) is 0. The Labute approximate surface area is 90.0 Å². The average molecular weight is 356 g/mol. The topological polar surface area (TPSA) is 0 Å². The van der Waals surface area contributed by atoms with Crippen LogP contribution in [0.2, 0.25) is 0 Å². The van der Waals surface area contributed by atoms with Crippen molar-refractivity contribution in [2.75, 3.05) is 0 Å². The fourth-order valence-corrected chi connectivity index (χ4v) is 0. The molecule has 0 fully saturated rings. The van der Waals surface area contributed by atoms with Gasteiger partial charge in [-0.3, -0.25) is 0 Å². The van der Waals surface area contributed by atoms with Crippen LogP contribution in [0.15, 0.2) is 0 Å². The SMILES string of the molecule is [Co].[Cu].[Fe].[Ni].[Sn]. The maximum Gasteiger partial charge on any atom is 0 e. The minimum atomic E-state index is 0. The molecule has 0 spiro atoms. The van der Waals surface area contributed by atoms with E-state index in [4.69, 9.17) is 0 Å². The standard InChI is InChI=1S/Co.Cu.Fe.Ni.Sn. The first-order chi connectivity index (χ1) is 0. The van der Waals surface area contributed by atoms with Gasteiger partial charge in [0.1, 0.15) is 0 Å². The van der Waals surface area contributed by atoms with Crippen LogP contribution in [-0.2, 0) is 67.4 Å². The molecule has 0 aromatic heterocycles. The van der Waals surface area contributed by atoms with Crippen molar-refractivity contribution < 1.29 is 67.4 Å². The van der Waals surface area contributed by atoms with Gasteiger partial charge in [0.25, 0.3) is 0 Å². The summed E-state index contributed by atoms with van der Waals surface area (Å²) in [6.45, 7) is 0. The third-order valence-electron chi connectivity index (χ3n) is 0. The molecule has 42 valence electrons. The maximum atomic E-state index is 0. The zero-order valence-corrected chi connectivity index (χ0v) is 8.73. The zero-order valence-electron chi connectivity index (χ0n) is 1.80. The zero-order chi connectivity index (χ0) is 0. The van der Waals surface area contributed by atoms with Crippen molar-refractivity contribution in [2.24, 2.45) is 0 Å². The minimum absolute atomic E-state index is 0. The van der Waals surface area contributed by atoms with Gasteiger partial charge in [0, 0.05) is 91.3 Å². The van der Waals surface area contributed by atoms with Gasteiger partial charge < -0.3 is 0 Å². The van der Waals surface area contributed by atoms with Crippen LogP contribution < -0.4 is 0 Å². The predicted molar refractivity (Wildman–Crippen MR) is 5.75 cm³/mol. The molecule has 0 heterocycles. The Kier molecular flexibility index (Phi) is 263. The summed E-state index contributed by atoms with van der Waals surface area (Å²) in [7, 11) is 0. The first-order valence-electron chi connectivity index (χ1n) is 0. The van der Waals surface area contributed by atoms with Crippen molar-refractivity contribution in [3.8, 4) is 0 Å². The van der Waals surface area contributed by atoms with Gasteiger partial charge in [0.05, 0.1) is 0 Å². The number of rotatable bonds is 0. The van der Waals surface area contributed by atoms with Crippen LogP contribution in [0.1, 0.15) is 0 Å². The van der Waals surface area contributed by atoms with Crippen LogP contribution >= 0.6 is 0 Å². The molecule has 0 aromatic rings. The first kappa shape index (κ1) is 45.5. The molecular formula is CoCuFeNiSn. The Bertz CT molecular complexity index is 11.6. The van der Waals surface area contributed by atoms with Crippen LogP contribution in [0.4, 0.5) is 0 Å². The molecular weight excluding hydrogens is 356 g/mol. The quantitative estimate of drug-likeness (QED) is 0.519. The van der Waals surface area contributed by atoms with Gasteiger partial charge in [-0.05, 0) is 0 Å². The summed E-state index contributed by atoms with van der Waals surface area (Å²) in [6.07, 6.45) is 0. The molecule has 0 aromatic carbocycles. The first-order valence-corrected chi connectivity index (χ1v) is 0. The Morgan fingerprint density at radius 3 is 1.00 bits per heavy atom. The second-order valence-corrected chi connectivity index (χ2v) is 0. The van der Waals surface area contributed by atoms with Gasteiger partial charge in [-0.25, -0.2) is 0 Å². The summed E-state index contributed by atoms with van der Waals surface area (Å²) in [6, 6.07) is 0. The molecule has 0 N–H and O–H groups in total. The van der Waals surface area contributed by atoms with E-state index < -0.39 is 0 Å². The van der Waals surface area contributed by atoms with E-state index in [9.17, 15) is 0 Å². The smallest absolute Gasteiger partial charge is 0 e. The molecule has 0 saturated heterocycles. The van der Waals surface area contributed by atoms with E-state index in [-0.39, 0.29) is 91.3 Å². The second-order valence-electron chi connectivity index (χ2n) is 0. The van der Waals surface area contributed by atoms with Crippen molar-refractivity contribution in [2.45, 2.75) is 0 Å². The summed E-state index contributed by atoms with van der Waals surface area (Å²) < 4.78 is 0. The van der Waals surface area contributed by atoms with E-state index in [1.165, 1.54) is 0 Å². The van der Waals surface area contributed by atoms with Gasteiger partial charge in [-0.15, -0.1) is 0 Å². The second kappa shape index (κ2) is 28.9. The Morgan fingerprint density at radius 1 is 1.00 bits per heavy atom. The van der Waals surface area contributed by atoms with E-state index in [2.05, 4.69) is 0 Å². The predicted octanol–water partition coefficient (Wildman–Crippen LogP) is -0.391. The average Bonchev–Trinajstić information content (AvgIpc) is 0. The summed E-state index contributed by atoms with van der Waals surface area (Å²) in [5.41, 5.74) is 0. The molecule has 6 radical (unpaired) electrons. The normalized spacial score (nSPS) is 0. The summed E-state index contributed by atoms with van der Waals surface area (Å²) in [5.74, 6) is 0. The molecule has 0 atom stereocenters. The molecule has 5 heavy (non-hydrogen) atoms. The molecule has 0 aliphatic carbocycles. The van der Waals surface area contributed by atoms with E-state index in [1.54, 1.807) is 0 Å². The fourth-order valence-electron chi connectivity index (χ4n) is 0. The molecule has 5 heteroatoms. The van der Waals surface area contributed by atoms with E-state index in [0.717, 1.165) is 0 Å². The largest absolute Gasteiger partial charge is 0 e. The third-order valence-corrected chi connectivity index (χ3v) is 0. The van der Waals surface area contributed by atoms with Gasteiger partial charge in [-0.2, -0.15) is 0 Å². The minimum Gasteiger partial charge on any atom is 0 e. The van der Waals surface area contributed by atoms with Gasteiger partial charge in [-0.1, -0.05) is 0 Å². The van der Waals surface area contributed by atoms with Gasteiger partial charge in [0.2, 0.25) is 0 Å². The van der Waals surface area contributed by atoms with Crippen molar-refractivity contribution in [1.82, 2.24) is 0 Å². The van der Waals surface area contributed by atoms with Crippen LogP contribution in [0.3, 0.4) is 0 Å². The Hall–Kier alpha value is 2.84. The molecule has 0 nitrogen and oxygen atoms in total. The van der Waals surface area contributed by atoms with E-state index in [0.29, 0.717) is 0 Å². The Balaban J connectivity index is 0. The molecule has 0 aliphatic rings. The molecule has 0 amide bonds. The monoisotopic (exact) mass is 356 g/mol. The molecule has 0 unspecified atom stereocenters. The van der Waals surface area contributed by atoms with Crippen molar-refractivity contribution in [1.29, 1.82) is 0 Å². The molecule has 0 bridgehead atoms. The van der Waals surface area contributed by atoms with E-state index >= 15 is 0 Å². The van der Waals surface area contributed by atoms with Gasteiger partial charge in [0.15, 0.2) is 0 Å². The number of hydrogen-bond donors (Lipinski definition) is 0. The molecule has 0 aliphatic heterocycles. The van der Waals surface area contributed by atoms with E-state index in [1.807, 2.05) is 0 Å². The summed E-state index contributed by atoms with van der Waals surface area (Å²) in [4.78, 5) is 0. The molecule has 0 saturated carbocycles. The maximum absolute atomic E-state index is 0. The number of hydrogen-bond acceptors (Lipinski definition) is 0.